The van der Waals surface area contributed by atoms with E-state index in [9.17, 15) is 4.79 Å². The fourth-order valence-corrected chi connectivity index (χ4v) is 3.17. The maximum atomic E-state index is 12.7. The summed E-state index contributed by atoms with van der Waals surface area (Å²) >= 11 is 0. The highest BCUT2D eigenvalue weighted by atomic mass is 16.3. The third kappa shape index (κ3) is 2.81. The molecule has 3 rings (SSSR count). The molecule has 2 aromatic rings. The average Bonchev–Trinajstić information content (AvgIpc) is 2.90. The lowest BCUT2D eigenvalue weighted by Crippen LogP contribution is -2.44. The maximum Gasteiger partial charge on any atom is 0.289 e. The molecule has 0 spiro atoms. The number of piperidine rings is 1. The predicted molar refractivity (Wildman–Crippen MR) is 83.3 cm³/mol. The van der Waals surface area contributed by atoms with Crippen LogP contribution in [-0.4, -0.2) is 29.9 Å². The largest absolute Gasteiger partial charge is 0.451 e. The topological polar surface area (TPSA) is 59.5 Å². The lowest BCUT2D eigenvalue weighted by molar-refractivity contribution is 0.0575. The van der Waals surface area contributed by atoms with Crippen molar-refractivity contribution in [2.75, 3.05) is 13.1 Å². The second-order valence-electron chi connectivity index (χ2n) is 5.88. The number of likely N-dealkylation sites (tertiary alicyclic amines) is 1. The molecule has 1 aromatic carbocycles. The number of benzene rings is 1. The third-order valence-corrected chi connectivity index (χ3v) is 4.27. The summed E-state index contributed by atoms with van der Waals surface area (Å²) < 4.78 is 5.74. The molecular weight excluding hydrogens is 264 g/mol. The molecule has 1 saturated heterocycles. The summed E-state index contributed by atoms with van der Waals surface area (Å²) in [4.78, 5) is 14.7. The SMILES string of the molecule is Cc1ccc2oc(C(=O)N3CCCCC3CCN)cc2c1. The summed E-state index contributed by atoms with van der Waals surface area (Å²) in [6, 6.07) is 8.08. The summed E-state index contributed by atoms with van der Waals surface area (Å²) in [6.45, 7) is 3.46. The molecule has 2 N–H and O–H groups in total. The number of hydrogen-bond donors (Lipinski definition) is 1. The zero-order chi connectivity index (χ0) is 14.8. The number of nitrogens with two attached hydrogens (primary N) is 1. The molecule has 0 aliphatic carbocycles. The fourth-order valence-electron chi connectivity index (χ4n) is 3.17. The van der Waals surface area contributed by atoms with Crippen LogP contribution in [0.25, 0.3) is 11.0 Å². The Kier molecular flexibility index (Phi) is 3.97. The van der Waals surface area contributed by atoms with Gasteiger partial charge in [-0.2, -0.15) is 0 Å². The van der Waals surface area contributed by atoms with E-state index in [0.717, 1.165) is 36.8 Å². The van der Waals surface area contributed by atoms with Crippen LogP contribution in [0.2, 0.25) is 0 Å². The zero-order valence-corrected chi connectivity index (χ0v) is 12.5. The minimum atomic E-state index is 0.00185. The number of hydrogen-bond acceptors (Lipinski definition) is 3. The Hall–Kier alpha value is -1.81. The van der Waals surface area contributed by atoms with Gasteiger partial charge in [0, 0.05) is 18.0 Å². The van der Waals surface area contributed by atoms with Crippen molar-refractivity contribution in [3.05, 3.63) is 35.6 Å². The highest BCUT2D eigenvalue weighted by Crippen LogP contribution is 2.25. The normalized spacial score (nSPS) is 19.1. The van der Waals surface area contributed by atoms with Crippen LogP contribution in [0.3, 0.4) is 0 Å². The Morgan fingerprint density at radius 3 is 3.05 bits per heavy atom. The molecule has 21 heavy (non-hydrogen) atoms. The van der Waals surface area contributed by atoms with Gasteiger partial charge in [-0.3, -0.25) is 4.79 Å². The van der Waals surface area contributed by atoms with Gasteiger partial charge in [-0.25, -0.2) is 0 Å². The average molecular weight is 286 g/mol. The van der Waals surface area contributed by atoms with Crippen molar-refractivity contribution in [2.24, 2.45) is 5.73 Å². The number of rotatable bonds is 3. The number of fused-ring (bicyclic) bond motifs is 1. The van der Waals surface area contributed by atoms with Crippen LogP contribution in [-0.2, 0) is 0 Å². The Labute approximate surface area is 124 Å². The molecule has 1 aliphatic heterocycles. The first kappa shape index (κ1) is 14.1. The van der Waals surface area contributed by atoms with Crippen LogP contribution < -0.4 is 5.73 Å². The van der Waals surface area contributed by atoms with Crippen molar-refractivity contribution in [1.29, 1.82) is 0 Å². The first-order chi connectivity index (χ1) is 10.2. The Bertz CT molecular complexity index is 645. The van der Waals surface area contributed by atoms with Crippen LogP contribution in [0, 0.1) is 6.92 Å². The standard InChI is InChI=1S/C17H22N2O2/c1-12-5-6-15-13(10-12)11-16(21-15)17(20)19-9-3-2-4-14(19)7-8-18/h5-6,10-11,14H,2-4,7-9,18H2,1H3. The molecule has 0 bridgehead atoms. The Morgan fingerprint density at radius 2 is 2.24 bits per heavy atom. The predicted octanol–water partition coefficient (Wildman–Crippen LogP) is 3.08. The van der Waals surface area contributed by atoms with E-state index in [2.05, 4.69) is 0 Å². The number of nitrogens with zero attached hydrogens (tertiary/aromatic N) is 1. The van der Waals surface area contributed by atoms with Crippen molar-refractivity contribution >= 4 is 16.9 Å². The molecule has 2 heterocycles. The first-order valence-electron chi connectivity index (χ1n) is 7.70. The van der Waals surface area contributed by atoms with Crippen LogP contribution in [0.5, 0.6) is 0 Å². The van der Waals surface area contributed by atoms with E-state index in [1.807, 2.05) is 36.1 Å². The molecule has 1 aliphatic rings. The minimum Gasteiger partial charge on any atom is -0.451 e. The van der Waals surface area contributed by atoms with Gasteiger partial charge in [0.2, 0.25) is 0 Å². The number of carbonyl (C=O) groups excluding carboxylic acids is 1. The Morgan fingerprint density at radius 1 is 1.38 bits per heavy atom. The second kappa shape index (κ2) is 5.90. The number of furan rings is 1. The summed E-state index contributed by atoms with van der Waals surface area (Å²) in [7, 11) is 0. The lowest BCUT2D eigenvalue weighted by Gasteiger charge is -2.35. The van der Waals surface area contributed by atoms with E-state index in [0.29, 0.717) is 12.3 Å². The number of amides is 1. The van der Waals surface area contributed by atoms with Gasteiger partial charge < -0.3 is 15.1 Å². The zero-order valence-electron chi connectivity index (χ0n) is 12.5. The molecule has 0 radical (unpaired) electrons. The van der Waals surface area contributed by atoms with Crippen molar-refractivity contribution in [2.45, 2.75) is 38.6 Å². The van der Waals surface area contributed by atoms with E-state index in [1.54, 1.807) is 0 Å². The molecular formula is C17H22N2O2. The van der Waals surface area contributed by atoms with Crippen LogP contribution >= 0.6 is 0 Å². The van der Waals surface area contributed by atoms with Crippen molar-refractivity contribution in [3.8, 4) is 0 Å². The monoisotopic (exact) mass is 286 g/mol. The highest BCUT2D eigenvalue weighted by molar-refractivity contribution is 5.96. The molecule has 1 fully saturated rings. The maximum absolute atomic E-state index is 12.7. The van der Waals surface area contributed by atoms with Gasteiger partial charge in [0.25, 0.3) is 5.91 Å². The smallest absolute Gasteiger partial charge is 0.289 e. The van der Waals surface area contributed by atoms with Crippen LogP contribution in [0.15, 0.2) is 28.7 Å². The van der Waals surface area contributed by atoms with Gasteiger partial charge in [-0.1, -0.05) is 11.6 Å². The fraction of sp³-hybridized carbons (Fsp3) is 0.471. The van der Waals surface area contributed by atoms with E-state index >= 15 is 0 Å². The molecule has 4 nitrogen and oxygen atoms in total. The van der Waals surface area contributed by atoms with Crippen molar-refractivity contribution < 1.29 is 9.21 Å². The summed E-state index contributed by atoms with van der Waals surface area (Å²) in [5, 5.41) is 0.991. The van der Waals surface area contributed by atoms with Crippen molar-refractivity contribution in [1.82, 2.24) is 4.90 Å². The van der Waals surface area contributed by atoms with E-state index in [4.69, 9.17) is 10.2 Å². The van der Waals surface area contributed by atoms with E-state index in [-0.39, 0.29) is 11.9 Å². The summed E-state index contributed by atoms with van der Waals surface area (Å²) in [5.41, 5.74) is 7.62. The quantitative estimate of drug-likeness (QED) is 0.943. The second-order valence-corrected chi connectivity index (χ2v) is 5.88. The molecule has 1 unspecified atom stereocenters. The molecule has 112 valence electrons. The van der Waals surface area contributed by atoms with E-state index < -0.39 is 0 Å². The molecule has 1 amide bonds. The lowest BCUT2D eigenvalue weighted by atomic mass is 9.99. The summed E-state index contributed by atoms with van der Waals surface area (Å²) in [6.07, 6.45) is 4.15. The molecule has 4 heteroatoms. The van der Waals surface area contributed by atoms with Gasteiger partial charge in [0.05, 0.1) is 0 Å². The van der Waals surface area contributed by atoms with Gasteiger partial charge in [-0.05, 0) is 57.4 Å². The number of aryl methyl sites for hydroxylation is 1. The van der Waals surface area contributed by atoms with Gasteiger partial charge >= 0.3 is 0 Å². The van der Waals surface area contributed by atoms with Crippen molar-refractivity contribution in [3.63, 3.8) is 0 Å². The van der Waals surface area contributed by atoms with Gasteiger partial charge in [-0.15, -0.1) is 0 Å². The van der Waals surface area contributed by atoms with Gasteiger partial charge in [0.15, 0.2) is 5.76 Å². The minimum absolute atomic E-state index is 0.00185. The first-order valence-corrected chi connectivity index (χ1v) is 7.70. The Balaban J connectivity index is 1.87. The van der Waals surface area contributed by atoms with Crippen LogP contribution in [0.4, 0.5) is 0 Å². The highest BCUT2D eigenvalue weighted by Gasteiger charge is 2.28. The van der Waals surface area contributed by atoms with Gasteiger partial charge in [0.1, 0.15) is 5.58 Å². The summed E-state index contributed by atoms with van der Waals surface area (Å²) in [5.74, 6) is 0.446. The molecule has 1 aromatic heterocycles. The molecule has 1 atom stereocenters. The van der Waals surface area contributed by atoms with Crippen LogP contribution in [0.1, 0.15) is 41.8 Å². The molecule has 0 saturated carbocycles. The number of carbonyl (C=O) groups is 1. The van der Waals surface area contributed by atoms with E-state index in [1.165, 1.54) is 12.0 Å². The third-order valence-electron chi connectivity index (χ3n) is 4.27.